The predicted octanol–water partition coefficient (Wildman–Crippen LogP) is 2.97. The number of ether oxygens (including phenoxy) is 1. The van der Waals surface area contributed by atoms with Crippen molar-refractivity contribution in [3.63, 3.8) is 0 Å². The molecule has 0 aliphatic heterocycles. The molecule has 1 N–H and O–H groups in total. The topological polar surface area (TPSA) is 21.3 Å². The molecule has 0 aromatic carbocycles. The van der Waals surface area contributed by atoms with Gasteiger partial charge in [-0.25, -0.2) is 0 Å². The fourth-order valence-electron chi connectivity index (χ4n) is 1.53. The molecule has 0 aromatic rings. The molecule has 0 aliphatic carbocycles. The Balaban J connectivity index is 2.78. The minimum atomic E-state index is 0.865. The fraction of sp³-hybridized carbons (Fsp3) is 1.00. The molecule has 0 saturated carbocycles. The van der Waals surface area contributed by atoms with Crippen LogP contribution < -0.4 is 5.32 Å². The van der Waals surface area contributed by atoms with E-state index in [-0.39, 0.29) is 0 Å². The molecule has 0 aliphatic rings. The van der Waals surface area contributed by atoms with Crippen LogP contribution >= 0.6 is 0 Å². The Morgan fingerprint density at radius 3 is 2.00 bits per heavy atom. The Labute approximate surface area is 89.4 Å². The summed E-state index contributed by atoms with van der Waals surface area (Å²) in [6.45, 7) is 5.05. The maximum atomic E-state index is 5.28. The molecular formula is C12H27NO. The van der Waals surface area contributed by atoms with Gasteiger partial charge in [0.25, 0.3) is 0 Å². The van der Waals surface area contributed by atoms with Crippen LogP contribution in [0, 0.1) is 0 Å². The summed E-state index contributed by atoms with van der Waals surface area (Å²) in [6, 6.07) is 0. The van der Waals surface area contributed by atoms with Crippen molar-refractivity contribution in [2.24, 2.45) is 0 Å². The van der Waals surface area contributed by atoms with Gasteiger partial charge in [0.15, 0.2) is 0 Å². The maximum absolute atomic E-state index is 5.28. The first kappa shape index (κ1) is 13.9. The van der Waals surface area contributed by atoms with E-state index < -0.39 is 0 Å². The second-order valence-corrected chi connectivity index (χ2v) is 3.78. The summed E-state index contributed by atoms with van der Waals surface area (Å²) in [4.78, 5) is 0. The van der Waals surface area contributed by atoms with Gasteiger partial charge in [-0.05, 0) is 33.4 Å². The Bertz CT molecular complexity index is 84.3. The van der Waals surface area contributed by atoms with Crippen LogP contribution in [0.5, 0.6) is 0 Å². The third kappa shape index (κ3) is 11.9. The third-order valence-electron chi connectivity index (χ3n) is 2.42. The predicted molar refractivity (Wildman–Crippen MR) is 62.7 cm³/mol. The van der Waals surface area contributed by atoms with Gasteiger partial charge >= 0.3 is 0 Å². The van der Waals surface area contributed by atoms with E-state index in [1.165, 1.54) is 51.5 Å². The van der Waals surface area contributed by atoms with Crippen LogP contribution in [0.15, 0.2) is 0 Å². The lowest BCUT2D eigenvalue weighted by atomic mass is 10.1. The average Bonchev–Trinajstić information content (AvgIpc) is 2.21. The zero-order chi connectivity index (χ0) is 10.5. The Morgan fingerprint density at radius 1 is 0.857 bits per heavy atom. The van der Waals surface area contributed by atoms with Crippen molar-refractivity contribution < 1.29 is 4.74 Å². The van der Waals surface area contributed by atoms with Crippen LogP contribution in [0.25, 0.3) is 0 Å². The Morgan fingerprint density at radius 2 is 1.43 bits per heavy atom. The van der Waals surface area contributed by atoms with Gasteiger partial charge in [-0.15, -0.1) is 0 Å². The highest BCUT2D eigenvalue weighted by molar-refractivity contribution is 4.47. The van der Waals surface area contributed by atoms with Crippen molar-refractivity contribution in [1.82, 2.24) is 5.32 Å². The van der Waals surface area contributed by atoms with E-state index in [1.807, 2.05) is 7.05 Å². The standard InChI is InChI=1S/C12H27NO/c1-3-14-12-10-8-6-4-5-7-9-11-13-2/h13H,3-12H2,1-2H3. The molecule has 0 rings (SSSR count). The second-order valence-electron chi connectivity index (χ2n) is 3.78. The summed E-state index contributed by atoms with van der Waals surface area (Å²) in [7, 11) is 2.02. The molecule has 14 heavy (non-hydrogen) atoms. The number of hydrogen-bond donors (Lipinski definition) is 1. The van der Waals surface area contributed by atoms with Crippen LogP contribution in [0.1, 0.15) is 51.9 Å². The van der Waals surface area contributed by atoms with Gasteiger partial charge in [0.2, 0.25) is 0 Å². The number of unbranched alkanes of at least 4 members (excludes halogenated alkanes) is 6. The first-order chi connectivity index (χ1) is 6.91. The van der Waals surface area contributed by atoms with E-state index in [9.17, 15) is 0 Å². The molecule has 0 radical (unpaired) electrons. The molecule has 0 bridgehead atoms. The molecular weight excluding hydrogens is 174 g/mol. The molecule has 2 nitrogen and oxygen atoms in total. The quantitative estimate of drug-likeness (QED) is 0.519. The average molecular weight is 201 g/mol. The molecule has 0 atom stereocenters. The van der Waals surface area contributed by atoms with Crippen molar-refractivity contribution in [2.75, 3.05) is 26.8 Å². The highest BCUT2D eigenvalue weighted by Gasteiger charge is 1.91. The minimum Gasteiger partial charge on any atom is -0.382 e. The molecule has 0 heterocycles. The molecule has 86 valence electrons. The van der Waals surface area contributed by atoms with Crippen molar-refractivity contribution in [2.45, 2.75) is 51.9 Å². The molecule has 0 fully saturated rings. The van der Waals surface area contributed by atoms with E-state index >= 15 is 0 Å². The van der Waals surface area contributed by atoms with Gasteiger partial charge < -0.3 is 10.1 Å². The molecule has 0 unspecified atom stereocenters. The van der Waals surface area contributed by atoms with Crippen LogP contribution in [-0.2, 0) is 4.74 Å². The summed E-state index contributed by atoms with van der Waals surface area (Å²) in [5.41, 5.74) is 0. The van der Waals surface area contributed by atoms with Gasteiger partial charge in [-0.2, -0.15) is 0 Å². The molecule has 0 spiro atoms. The molecule has 2 heteroatoms. The maximum Gasteiger partial charge on any atom is 0.0465 e. The third-order valence-corrected chi connectivity index (χ3v) is 2.42. The zero-order valence-corrected chi connectivity index (χ0v) is 9.98. The summed E-state index contributed by atoms with van der Waals surface area (Å²) in [5, 5.41) is 3.18. The van der Waals surface area contributed by atoms with E-state index in [1.54, 1.807) is 0 Å². The highest BCUT2D eigenvalue weighted by atomic mass is 16.5. The monoisotopic (exact) mass is 201 g/mol. The summed E-state index contributed by atoms with van der Waals surface area (Å²) in [5.74, 6) is 0. The number of hydrogen-bond acceptors (Lipinski definition) is 2. The first-order valence-electron chi connectivity index (χ1n) is 6.14. The Kier molecular flexibility index (Phi) is 12.8. The Hall–Kier alpha value is -0.0800. The van der Waals surface area contributed by atoms with Gasteiger partial charge in [0, 0.05) is 13.2 Å². The first-order valence-corrected chi connectivity index (χ1v) is 6.14. The van der Waals surface area contributed by atoms with E-state index in [4.69, 9.17) is 4.74 Å². The molecule has 0 aromatic heterocycles. The largest absolute Gasteiger partial charge is 0.382 e. The lowest BCUT2D eigenvalue weighted by Crippen LogP contribution is -2.06. The minimum absolute atomic E-state index is 0.865. The molecule has 0 amide bonds. The van der Waals surface area contributed by atoms with Gasteiger partial charge in [0.1, 0.15) is 0 Å². The van der Waals surface area contributed by atoms with Gasteiger partial charge in [-0.1, -0.05) is 32.1 Å². The van der Waals surface area contributed by atoms with E-state index in [0.29, 0.717) is 0 Å². The second kappa shape index (κ2) is 12.9. The van der Waals surface area contributed by atoms with E-state index in [2.05, 4.69) is 12.2 Å². The zero-order valence-electron chi connectivity index (χ0n) is 9.98. The van der Waals surface area contributed by atoms with Crippen LogP contribution in [0.3, 0.4) is 0 Å². The summed E-state index contributed by atoms with van der Waals surface area (Å²) >= 11 is 0. The van der Waals surface area contributed by atoms with Crippen LogP contribution in [0.4, 0.5) is 0 Å². The summed E-state index contributed by atoms with van der Waals surface area (Å²) in [6.07, 6.45) is 9.47. The van der Waals surface area contributed by atoms with Crippen molar-refractivity contribution >= 4 is 0 Å². The van der Waals surface area contributed by atoms with Gasteiger partial charge in [0.05, 0.1) is 0 Å². The number of nitrogens with one attached hydrogen (secondary N) is 1. The highest BCUT2D eigenvalue weighted by Crippen LogP contribution is 2.06. The molecule has 0 saturated heterocycles. The fourth-order valence-corrected chi connectivity index (χ4v) is 1.53. The van der Waals surface area contributed by atoms with Crippen molar-refractivity contribution in [3.8, 4) is 0 Å². The van der Waals surface area contributed by atoms with Crippen LogP contribution in [-0.4, -0.2) is 26.8 Å². The number of rotatable bonds is 11. The summed E-state index contributed by atoms with van der Waals surface area (Å²) < 4.78 is 5.28. The SMILES string of the molecule is CCOCCCCCCCCCNC. The van der Waals surface area contributed by atoms with Crippen molar-refractivity contribution in [3.05, 3.63) is 0 Å². The van der Waals surface area contributed by atoms with Gasteiger partial charge in [-0.3, -0.25) is 0 Å². The lowest BCUT2D eigenvalue weighted by molar-refractivity contribution is 0.143. The van der Waals surface area contributed by atoms with Crippen LogP contribution in [0.2, 0.25) is 0 Å². The smallest absolute Gasteiger partial charge is 0.0465 e. The lowest BCUT2D eigenvalue weighted by Gasteiger charge is -2.02. The normalized spacial score (nSPS) is 10.7. The van der Waals surface area contributed by atoms with E-state index in [0.717, 1.165) is 13.2 Å². The van der Waals surface area contributed by atoms with Crippen molar-refractivity contribution in [1.29, 1.82) is 0 Å².